The number of fused-ring (bicyclic) bond motifs is 1. The molecule has 0 aromatic carbocycles. The maximum absolute atomic E-state index is 5.99. The Morgan fingerprint density at radius 1 is 1.09 bits per heavy atom. The maximum Gasteiger partial charge on any atom is 0.177 e. The molecule has 3 aromatic heterocycles. The molecule has 4 rings (SSSR count). The number of nitrogens with zero attached hydrogens (tertiary/aromatic N) is 6. The van der Waals surface area contributed by atoms with Crippen molar-refractivity contribution in [1.29, 1.82) is 0 Å². The zero-order valence-electron chi connectivity index (χ0n) is 11.9. The number of aromatic nitrogens is 4. The van der Waals surface area contributed by atoms with Crippen molar-refractivity contribution in [1.82, 2.24) is 24.7 Å². The first-order valence-corrected chi connectivity index (χ1v) is 8.36. The second-order valence-electron chi connectivity index (χ2n) is 5.29. The topological polar surface area (TPSA) is 49.6 Å². The summed E-state index contributed by atoms with van der Waals surface area (Å²) in [5.74, 6) is 0.978. The highest BCUT2D eigenvalue weighted by Gasteiger charge is 2.19. The average Bonchev–Trinajstić information content (AvgIpc) is 3.16. The van der Waals surface area contributed by atoms with Crippen molar-refractivity contribution in [3.63, 3.8) is 0 Å². The molecule has 0 unspecified atom stereocenters. The van der Waals surface area contributed by atoms with E-state index in [1.807, 2.05) is 18.2 Å². The highest BCUT2D eigenvalue weighted by atomic mass is 35.5. The summed E-state index contributed by atoms with van der Waals surface area (Å²) in [4.78, 5) is 6.08. The van der Waals surface area contributed by atoms with Crippen molar-refractivity contribution in [3.05, 3.63) is 39.8 Å². The number of anilines is 1. The lowest BCUT2D eigenvalue weighted by atomic mass is 10.3. The molecule has 0 atom stereocenters. The van der Waals surface area contributed by atoms with Crippen LogP contribution >= 0.6 is 22.9 Å². The summed E-state index contributed by atoms with van der Waals surface area (Å²) in [6, 6.07) is 8.05. The van der Waals surface area contributed by atoms with Crippen molar-refractivity contribution < 1.29 is 0 Å². The second-order valence-corrected chi connectivity index (χ2v) is 7.09. The summed E-state index contributed by atoms with van der Waals surface area (Å²) in [6.07, 6.45) is 1.63. The molecule has 1 aliphatic heterocycles. The van der Waals surface area contributed by atoms with Crippen LogP contribution in [0.15, 0.2) is 30.6 Å². The van der Waals surface area contributed by atoms with Gasteiger partial charge in [0.2, 0.25) is 0 Å². The fourth-order valence-corrected chi connectivity index (χ4v) is 3.81. The van der Waals surface area contributed by atoms with Gasteiger partial charge in [0.1, 0.15) is 12.1 Å². The SMILES string of the molecule is Clc1ccc(CN2CCN(c3ccc4nncn4n3)CC2)s1. The molecule has 0 N–H and O–H groups in total. The van der Waals surface area contributed by atoms with Crippen molar-refractivity contribution in [3.8, 4) is 0 Å². The third-order valence-electron chi connectivity index (χ3n) is 3.85. The predicted octanol–water partition coefficient (Wildman–Crippen LogP) is 2.16. The third kappa shape index (κ3) is 2.79. The van der Waals surface area contributed by atoms with E-state index in [1.54, 1.807) is 22.2 Å². The minimum Gasteiger partial charge on any atom is -0.353 e. The van der Waals surface area contributed by atoms with Crippen LogP contribution in [0.5, 0.6) is 0 Å². The number of halogens is 1. The van der Waals surface area contributed by atoms with Crippen molar-refractivity contribution >= 4 is 34.4 Å². The van der Waals surface area contributed by atoms with E-state index in [0.717, 1.165) is 48.5 Å². The van der Waals surface area contributed by atoms with E-state index in [0.29, 0.717) is 0 Å². The van der Waals surface area contributed by atoms with Gasteiger partial charge in [-0.15, -0.1) is 26.6 Å². The van der Waals surface area contributed by atoms with Gasteiger partial charge in [0.15, 0.2) is 5.65 Å². The van der Waals surface area contributed by atoms with Crippen LogP contribution in [0.1, 0.15) is 4.88 Å². The molecule has 0 spiro atoms. The van der Waals surface area contributed by atoms with Gasteiger partial charge in [-0.2, -0.15) is 4.52 Å². The highest BCUT2D eigenvalue weighted by Crippen LogP contribution is 2.23. The summed E-state index contributed by atoms with van der Waals surface area (Å²) in [6.45, 7) is 4.97. The molecule has 1 saturated heterocycles. The molecule has 0 saturated carbocycles. The van der Waals surface area contributed by atoms with E-state index in [9.17, 15) is 0 Å². The number of hydrogen-bond acceptors (Lipinski definition) is 6. The van der Waals surface area contributed by atoms with Gasteiger partial charge in [-0.3, -0.25) is 4.90 Å². The molecule has 0 aliphatic carbocycles. The van der Waals surface area contributed by atoms with E-state index in [2.05, 4.69) is 31.2 Å². The van der Waals surface area contributed by atoms with Crippen LogP contribution in [-0.2, 0) is 6.54 Å². The molecule has 8 heteroatoms. The van der Waals surface area contributed by atoms with Crippen molar-refractivity contribution in [2.45, 2.75) is 6.54 Å². The molecule has 0 radical (unpaired) electrons. The smallest absolute Gasteiger partial charge is 0.177 e. The third-order valence-corrected chi connectivity index (χ3v) is 5.07. The largest absolute Gasteiger partial charge is 0.353 e. The van der Waals surface area contributed by atoms with Gasteiger partial charge in [-0.25, -0.2) is 0 Å². The summed E-state index contributed by atoms with van der Waals surface area (Å²) in [5, 5.41) is 12.4. The average molecular weight is 335 g/mol. The van der Waals surface area contributed by atoms with Crippen LogP contribution in [0, 0.1) is 0 Å². The lowest BCUT2D eigenvalue weighted by Crippen LogP contribution is -2.46. The Labute approximate surface area is 136 Å². The Morgan fingerprint density at radius 2 is 1.95 bits per heavy atom. The number of thiophene rings is 1. The Balaban J connectivity index is 1.40. The zero-order valence-corrected chi connectivity index (χ0v) is 13.5. The van der Waals surface area contributed by atoms with Gasteiger partial charge in [-0.05, 0) is 24.3 Å². The molecular formula is C14H15ClN6S. The van der Waals surface area contributed by atoms with E-state index in [-0.39, 0.29) is 0 Å². The summed E-state index contributed by atoms with van der Waals surface area (Å²) < 4.78 is 2.58. The van der Waals surface area contributed by atoms with E-state index >= 15 is 0 Å². The van der Waals surface area contributed by atoms with Crippen molar-refractivity contribution in [2.75, 3.05) is 31.1 Å². The number of piperazine rings is 1. The highest BCUT2D eigenvalue weighted by molar-refractivity contribution is 7.16. The van der Waals surface area contributed by atoms with Crippen LogP contribution in [0.2, 0.25) is 4.34 Å². The van der Waals surface area contributed by atoms with Crippen LogP contribution in [0.25, 0.3) is 5.65 Å². The van der Waals surface area contributed by atoms with Gasteiger partial charge in [-0.1, -0.05) is 11.6 Å². The van der Waals surface area contributed by atoms with E-state index in [4.69, 9.17) is 11.6 Å². The van der Waals surface area contributed by atoms with Gasteiger partial charge in [0.05, 0.1) is 4.34 Å². The molecule has 1 fully saturated rings. The molecule has 0 amide bonds. The molecule has 6 nitrogen and oxygen atoms in total. The molecule has 1 aliphatic rings. The first-order chi connectivity index (χ1) is 10.8. The Morgan fingerprint density at radius 3 is 2.73 bits per heavy atom. The number of hydrogen-bond donors (Lipinski definition) is 0. The Hall–Kier alpha value is -1.70. The van der Waals surface area contributed by atoms with Crippen LogP contribution in [0.3, 0.4) is 0 Å². The molecule has 4 heterocycles. The zero-order chi connectivity index (χ0) is 14.9. The first kappa shape index (κ1) is 13.9. The summed E-state index contributed by atoms with van der Waals surface area (Å²) in [7, 11) is 0. The van der Waals surface area contributed by atoms with Crippen molar-refractivity contribution in [2.24, 2.45) is 0 Å². The standard InChI is InChI=1S/C14H15ClN6S/c15-12-2-1-11(22-12)9-19-5-7-20(8-6-19)14-4-3-13-17-16-10-21(13)18-14/h1-4,10H,5-9H2. The predicted molar refractivity (Wildman–Crippen MR) is 87.6 cm³/mol. The van der Waals surface area contributed by atoms with Gasteiger partial charge < -0.3 is 4.90 Å². The minimum atomic E-state index is 0.775. The lowest BCUT2D eigenvalue weighted by Gasteiger charge is -2.35. The Bertz CT molecular complexity index is 776. The Kier molecular flexibility index (Phi) is 3.69. The summed E-state index contributed by atoms with van der Waals surface area (Å²) in [5.41, 5.74) is 0.775. The molecule has 22 heavy (non-hydrogen) atoms. The lowest BCUT2D eigenvalue weighted by molar-refractivity contribution is 0.251. The fraction of sp³-hybridized carbons (Fsp3) is 0.357. The van der Waals surface area contributed by atoms with E-state index in [1.165, 1.54) is 4.88 Å². The monoisotopic (exact) mass is 334 g/mol. The van der Waals surface area contributed by atoms with Crippen LogP contribution < -0.4 is 4.90 Å². The fourth-order valence-electron chi connectivity index (χ4n) is 2.68. The van der Waals surface area contributed by atoms with Crippen LogP contribution in [0.4, 0.5) is 5.82 Å². The minimum absolute atomic E-state index is 0.775. The quantitative estimate of drug-likeness (QED) is 0.734. The van der Waals surface area contributed by atoms with E-state index < -0.39 is 0 Å². The number of rotatable bonds is 3. The van der Waals surface area contributed by atoms with Gasteiger partial charge >= 0.3 is 0 Å². The van der Waals surface area contributed by atoms with Crippen LogP contribution in [-0.4, -0.2) is 50.9 Å². The molecule has 114 valence electrons. The van der Waals surface area contributed by atoms with Gasteiger partial charge in [0, 0.05) is 37.6 Å². The molecular weight excluding hydrogens is 320 g/mol. The normalized spacial score (nSPS) is 16.5. The molecule has 0 bridgehead atoms. The molecule has 3 aromatic rings. The maximum atomic E-state index is 5.99. The van der Waals surface area contributed by atoms with Gasteiger partial charge in [0.25, 0.3) is 0 Å². The summed E-state index contributed by atoms with van der Waals surface area (Å²) >= 11 is 7.65. The second kappa shape index (κ2) is 5.83. The first-order valence-electron chi connectivity index (χ1n) is 7.16.